The lowest BCUT2D eigenvalue weighted by Gasteiger charge is -2.71. The van der Waals surface area contributed by atoms with E-state index in [9.17, 15) is 30.0 Å². The first-order valence-corrected chi connectivity index (χ1v) is 15.1. The minimum absolute atomic E-state index is 0.0911. The van der Waals surface area contributed by atoms with Crippen molar-refractivity contribution in [3.05, 3.63) is 11.6 Å². The second kappa shape index (κ2) is 9.03. The molecular weight excluding hydrogens is 496 g/mol. The van der Waals surface area contributed by atoms with E-state index in [4.69, 9.17) is 4.74 Å². The van der Waals surface area contributed by atoms with Crippen LogP contribution in [0.25, 0.3) is 0 Å². The molecule has 0 saturated heterocycles. The molecule has 4 saturated carbocycles. The second-order valence-electron chi connectivity index (χ2n) is 15.5. The molecule has 0 aromatic heterocycles. The Hall–Kier alpha value is -1.44. The summed E-state index contributed by atoms with van der Waals surface area (Å²) in [5.74, 6) is -0.761. The Morgan fingerprint density at radius 3 is 2.26 bits per heavy atom. The normalized spacial score (nSPS) is 52.8. The molecule has 0 bridgehead atoms. The van der Waals surface area contributed by atoms with Crippen molar-refractivity contribution in [2.75, 3.05) is 13.2 Å². The molecular formula is C32H50O7. The van der Waals surface area contributed by atoms with Crippen molar-refractivity contribution in [1.29, 1.82) is 0 Å². The number of rotatable bonds is 4. The van der Waals surface area contributed by atoms with Gasteiger partial charge in [-0.25, -0.2) is 0 Å². The van der Waals surface area contributed by atoms with Gasteiger partial charge in [-0.3, -0.25) is 9.59 Å². The van der Waals surface area contributed by atoms with E-state index >= 15 is 0 Å². The standard InChI is InChI=1S/C32H50O7/c1-19(34)39-18-27(2)11-13-32(26(37)38)14-12-30(5)20(21(32)15-27)7-8-24-28(3)16-22(35)25(36)29(4,17-33)23(28)9-10-31(24,30)6/h7,21-25,33,35-36H,8-18H2,1-6H3,(H,37,38)/t21?,22-,23?,24?,25-,27-,28-,29-,30+,31+,32-/m0/s1. The first kappa shape index (κ1) is 29.1. The maximum atomic E-state index is 13.0. The number of esters is 1. The summed E-state index contributed by atoms with van der Waals surface area (Å²) in [6.07, 6.45) is 7.14. The summed E-state index contributed by atoms with van der Waals surface area (Å²) in [5.41, 5.74) is -1.07. The molecule has 0 spiro atoms. The zero-order chi connectivity index (χ0) is 28.8. The lowest BCUT2D eigenvalue weighted by Crippen LogP contribution is -2.68. The highest BCUT2D eigenvalue weighted by atomic mass is 16.5. The third kappa shape index (κ3) is 3.77. The Balaban J connectivity index is 1.57. The van der Waals surface area contributed by atoms with Crippen LogP contribution >= 0.6 is 0 Å². The zero-order valence-electron chi connectivity index (χ0n) is 24.8. The number of fused-ring (bicyclic) bond motifs is 7. The van der Waals surface area contributed by atoms with Crippen molar-refractivity contribution in [1.82, 2.24) is 0 Å². The predicted octanol–water partition coefficient (Wildman–Crippen LogP) is 4.72. The van der Waals surface area contributed by atoms with Gasteiger partial charge in [-0.2, -0.15) is 0 Å². The summed E-state index contributed by atoms with van der Waals surface area (Å²) in [6, 6.07) is 0. The predicted molar refractivity (Wildman–Crippen MR) is 146 cm³/mol. The van der Waals surface area contributed by atoms with Crippen molar-refractivity contribution in [3.63, 3.8) is 0 Å². The number of carboxylic acids is 1. The molecule has 0 heterocycles. The number of carbonyl (C=O) groups is 2. The zero-order valence-corrected chi connectivity index (χ0v) is 24.8. The highest BCUT2D eigenvalue weighted by Gasteiger charge is 2.70. The topological polar surface area (TPSA) is 124 Å². The van der Waals surface area contributed by atoms with Gasteiger partial charge in [-0.15, -0.1) is 0 Å². The molecule has 4 fully saturated rings. The molecule has 0 aromatic carbocycles. The molecule has 5 rings (SSSR count). The smallest absolute Gasteiger partial charge is 0.310 e. The second-order valence-corrected chi connectivity index (χ2v) is 15.5. The van der Waals surface area contributed by atoms with Crippen LogP contribution in [0.5, 0.6) is 0 Å². The molecule has 0 amide bonds. The van der Waals surface area contributed by atoms with Crippen LogP contribution < -0.4 is 0 Å². The monoisotopic (exact) mass is 546 g/mol. The minimum atomic E-state index is -0.946. The lowest BCUT2D eigenvalue weighted by molar-refractivity contribution is -0.243. The number of carboxylic acid groups (broad SMARTS) is 1. The summed E-state index contributed by atoms with van der Waals surface area (Å²) in [7, 11) is 0. The number of ether oxygens (including phenoxy) is 1. The first-order valence-electron chi connectivity index (χ1n) is 15.1. The van der Waals surface area contributed by atoms with E-state index in [1.807, 2.05) is 6.92 Å². The van der Waals surface area contributed by atoms with Crippen molar-refractivity contribution in [2.24, 2.45) is 50.2 Å². The maximum absolute atomic E-state index is 13.0. The van der Waals surface area contributed by atoms with Crippen LogP contribution in [0.2, 0.25) is 0 Å². The number of hydrogen-bond donors (Lipinski definition) is 4. The molecule has 5 aliphatic rings. The number of aliphatic hydroxyl groups is 3. The van der Waals surface area contributed by atoms with Crippen LogP contribution in [0.3, 0.4) is 0 Å². The van der Waals surface area contributed by atoms with Crippen LogP contribution in [0.4, 0.5) is 0 Å². The van der Waals surface area contributed by atoms with Gasteiger partial charge < -0.3 is 25.2 Å². The van der Waals surface area contributed by atoms with Crippen LogP contribution in [0.15, 0.2) is 11.6 Å². The fourth-order valence-corrected chi connectivity index (χ4v) is 11.1. The molecule has 7 heteroatoms. The van der Waals surface area contributed by atoms with Crippen LogP contribution in [-0.4, -0.2) is 57.8 Å². The van der Waals surface area contributed by atoms with Gasteiger partial charge in [0.2, 0.25) is 0 Å². The van der Waals surface area contributed by atoms with Gasteiger partial charge in [-0.1, -0.05) is 46.3 Å². The van der Waals surface area contributed by atoms with Gasteiger partial charge in [0.05, 0.1) is 30.8 Å². The molecule has 0 aromatic rings. The number of aliphatic carboxylic acids is 1. The van der Waals surface area contributed by atoms with Gasteiger partial charge in [0.1, 0.15) is 0 Å². The van der Waals surface area contributed by atoms with E-state index < -0.39 is 29.0 Å². The summed E-state index contributed by atoms with van der Waals surface area (Å²) < 4.78 is 5.48. The highest BCUT2D eigenvalue weighted by molar-refractivity contribution is 5.76. The molecule has 3 unspecified atom stereocenters. The SMILES string of the molecule is CC(=O)OC[C@@]1(C)CC[C@]2(C(=O)O)CC[C@]3(C)C(=CCC4[C@@]5(C)C[C@H](O)[C@H](O)[C@@](C)(CO)C5CC[C@]43C)C2C1. The average molecular weight is 547 g/mol. The first-order chi connectivity index (χ1) is 18.0. The Morgan fingerprint density at radius 2 is 1.64 bits per heavy atom. The summed E-state index contributed by atoms with van der Waals surface area (Å²) in [6.45, 7) is 12.7. The molecule has 11 atom stereocenters. The Labute approximate surface area is 233 Å². The molecule has 0 radical (unpaired) electrons. The Morgan fingerprint density at radius 1 is 0.974 bits per heavy atom. The van der Waals surface area contributed by atoms with Gasteiger partial charge in [-0.05, 0) is 91.8 Å². The van der Waals surface area contributed by atoms with Crippen LogP contribution in [0.1, 0.15) is 99.3 Å². The number of hydrogen-bond acceptors (Lipinski definition) is 6. The summed E-state index contributed by atoms with van der Waals surface area (Å²) in [4.78, 5) is 24.6. The molecule has 7 nitrogen and oxygen atoms in total. The quantitative estimate of drug-likeness (QED) is 0.297. The average Bonchev–Trinajstić information content (AvgIpc) is 2.86. The molecule has 4 N–H and O–H groups in total. The van der Waals surface area contributed by atoms with E-state index in [1.165, 1.54) is 12.5 Å². The molecule has 39 heavy (non-hydrogen) atoms. The largest absolute Gasteiger partial charge is 0.481 e. The van der Waals surface area contributed by atoms with Crippen LogP contribution in [0, 0.1) is 50.2 Å². The highest BCUT2D eigenvalue weighted by Crippen LogP contribution is 2.75. The van der Waals surface area contributed by atoms with E-state index in [0.717, 1.165) is 32.1 Å². The van der Waals surface area contributed by atoms with Crippen molar-refractivity contribution >= 4 is 11.9 Å². The Kier molecular flexibility index (Phi) is 6.73. The van der Waals surface area contributed by atoms with Crippen molar-refractivity contribution in [3.8, 4) is 0 Å². The van der Waals surface area contributed by atoms with E-state index in [-0.39, 0.29) is 52.0 Å². The molecule has 5 aliphatic carbocycles. The molecule has 0 aliphatic heterocycles. The fourth-order valence-electron chi connectivity index (χ4n) is 11.1. The van der Waals surface area contributed by atoms with Crippen molar-refractivity contribution < 1.29 is 34.8 Å². The third-order valence-electron chi connectivity index (χ3n) is 13.6. The molecule has 220 valence electrons. The van der Waals surface area contributed by atoms with Crippen molar-refractivity contribution in [2.45, 2.75) is 112 Å². The number of aliphatic hydroxyl groups excluding tert-OH is 3. The minimum Gasteiger partial charge on any atom is -0.481 e. The maximum Gasteiger partial charge on any atom is 0.310 e. The number of allylic oxidation sites excluding steroid dienone is 2. The summed E-state index contributed by atoms with van der Waals surface area (Å²) >= 11 is 0. The van der Waals surface area contributed by atoms with Gasteiger partial charge >= 0.3 is 11.9 Å². The lowest BCUT2D eigenvalue weighted by atomic mass is 9.33. The van der Waals surface area contributed by atoms with E-state index in [1.54, 1.807) is 0 Å². The van der Waals surface area contributed by atoms with E-state index in [2.05, 4.69) is 33.8 Å². The van der Waals surface area contributed by atoms with Gasteiger partial charge in [0.25, 0.3) is 0 Å². The van der Waals surface area contributed by atoms with Gasteiger partial charge in [0.15, 0.2) is 0 Å². The summed E-state index contributed by atoms with van der Waals surface area (Å²) in [5, 5.41) is 43.1. The number of carbonyl (C=O) groups excluding carboxylic acids is 1. The van der Waals surface area contributed by atoms with Crippen LogP contribution in [-0.2, 0) is 14.3 Å². The van der Waals surface area contributed by atoms with Gasteiger partial charge in [0, 0.05) is 17.8 Å². The Bertz CT molecular complexity index is 1070. The van der Waals surface area contributed by atoms with E-state index in [0.29, 0.717) is 32.3 Å². The third-order valence-corrected chi connectivity index (χ3v) is 13.6. The fraction of sp³-hybridized carbons (Fsp3) is 0.875.